The van der Waals surface area contributed by atoms with E-state index >= 15 is 0 Å². The molecule has 0 saturated heterocycles. The second-order valence-electron chi connectivity index (χ2n) is 5.58. The van der Waals surface area contributed by atoms with Crippen LogP contribution in [0.3, 0.4) is 0 Å². The van der Waals surface area contributed by atoms with Gasteiger partial charge in [-0.25, -0.2) is 4.98 Å². The Morgan fingerprint density at radius 3 is 2.71 bits per heavy atom. The van der Waals surface area contributed by atoms with Gasteiger partial charge in [0.05, 0.1) is 5.92 Å². The van der Waals surface area contributed by atoms with E-state index in [0.717, 1.165) is 0 Å². The van der Waals surface area contributed by atoms with Gasteiger partial charge >= 0.3 is 0 Å². The summed E-state index contributed by atoms with van der Waals surface area (Å²) in [4.78, 5) is 39.9. The minimum Gasteiger partial charge on any atom is -0.366 e. The van der Waals surface area contributed by atoms with Crippen LogP contribution >= 0.6 is 11.8 Å². The molecule has 8 heteroatoms. The third-order valence-corrected chi connectivity index (χ3v) is 4.96. The standard InChI is InChI=1S/C16H16N4O3S/c1-9-6-18-16-20(15(9)23)7-11(8-24-16)14(22)19-12-4-2-10(3-5-12)13(17)21/h2-6,11H,7-8H2,1H3,(H2,17,21)(H,19,22). The van der Waals surface area contributed by atoms with Crippen molar-refractivity contribution in [1.29, 1.82) is 0 Å². The summed E-state index contributed by atoms with van der Waals surface area (Å²) in [7, 11) is 0. The van der Waals surface area contributed by atoms with Crippen molar-refractivity contribution in [2.75, 3.05) is 11.1 Å². The van der Waals surface area contributed by atoms with E-state index in [-0.39, 0.29) is 17.4 Å². The topological polar surface area (TPSA) is 107 Å². The van der Waals surface area contributed by atoms with Crippen LogP contribution in [0.4, 0.5) is 5.69 Å². The number of aryl methyl sites for hydroxylation is 1. The number of benzene rings is 1. The zero-order chi connectivity index (χ0) is 17.3. The van der Waals surface area contributed by atoms with Gasteiger partial charge < -0.3 is 11.1 Å². The number of thioether (sulfide) groups is 1. The van der Waals surface area contributed by atoms with Crippen molar-refractivity contribution in [2.45, 2.75) is 18.6 Å². The molecule has 3 rings (SSSR count). The van der Waals surface area contributed by atoms with Gasteiger partial charge in [-0.2, -0.15) is 0 Å². The monoisotopic (exact) mass is 344 g/mol. The lowest BCUT2D eigenvalue weighted by molar-refractivity contribution is -0.119. The van der Waals surface area contributed by atoms with E-state index in [1.807, 2.05) is 0 Å². The Bertz CT molecular complexity index is 861. The Labute approximate surface area is 142 Å². The first kappa shape index (κ1) is 16.3. The highest BCUT2D eigenvalue weighted by molar-refractivity contribution is 7.99. The highest BCUT2D eigenvalue weighted by atomic mass is 32.2. The first-order valence-corrected chi connectivity index (χ1v) is 8.34. The molecule has 1 atom stereocenters. The van der Waals surface area contributed by atoms with Crippen molar-refractivity contribution in [3.63, 3.8) is 0 Å². The van der Waals surface area contributed by atoms with Gasteiger partial charge in [0.2, 0.25) is 11.8 Å². The number of nitrogens with one attached hydrogen (secondary N) is 1. The van der Waals surface area contributed by atoms with Crippen LogP contribution < -0.4 is 16.6 Å². The Morgan fingerprint density at radius 2 is 2.04 bits per heavy atom. The van der Waals surface area contributed by atoms with E-state index < -0.39 is 5.91 Å². The Hall–Kier alpha value is -2.61. The number of amides is 2. The average Bonchev–Trinajstić information content (AvgIpc) is 2.58. The van der Waals surface area contributed by atoms with E-state index in [1.54, 1.807) is 42.0 Å². The molecule has 2 heterocycles. The smallest absolute Gasteiger partial charge is 0.257 e. The molecule has 1 aliphatic heterocycles. The van der Waals surface area contributed by atoms with Gasteiger partial charge in [-0.05, 0) is 31.2 Å². The fourth-order valence-corrected chi connectivity index (χ4v) is 3.47. The number of fused-ring (bicyclic) bond motifs is 1. The van der Waals surface area contributed by atoms with Crippen LogP contribution in [0, 0.1) is 12.8 Å². The van der Waals surface area contributed by atoms with E-state index in [0.29, 0.717) is 34.3 Å². The molecule has 3 N–H and O–H groups in total. The lowest BCUT2D eigenvalue weighted by atomic mass is 10.1. The number of nitrogens with two attached hydrogens (primary N) is 1. The molecule has 2 amide bonds. The highest BCUT2D eigenvalue weighted by Gasteiger charge is 2.27. The molecule has 1 aliphatic rings. The number of aromatic nitrogens is 2. The van der Waals surface area contributed by atoms with Gasteiger partial charge in [-0.1, -0.05) is 11.8 Å². The molecule has 0 fully saturated rings. The van der Waals surface area contributed by atoms with Crippen LogP contribution in [0.1, 0.15) is 15.9 Å². The number of nitrogens with zero attached hydrogens (tertiary/aromatic N) is 2. The van der Waals surface area contributed by atoms with E-state index in [4.69, 9.17) is 5.73 Å². The quantitative estimate of drug-likeness (QED) is 0.808. The minimum atomic E-state index is -0.518. The van der Waals surface area contributed by atoms with Crippen molar-refractivity contribution in [3.05, 3.63) is 51.9 Å². The van der Waals surface area contributed by atoms with Crippen LogP contribution in [-0.2, 0) is 11.3 Å². The number of anilines is 1. The molecular weight excluding hydrogens is 328 g/mol. The molecule has 1 aromatic heterocycles. The van der Waals surface area contributed by atoms with Crippen molar-refractivity contribution in [3.8, 4) is 0 Å². The lowest BCUT2D eigenvalue weighted by Crippen LogP contribution is -2.37. The molecule has 0 spiro atoms. The Balaban J connectivity index is 1.73. The minimum absolute atomic E-state index is 0.115. The molecule has 0 bridgehead atoms. The van der Waals surface area contributed by atoms with Crippen molar-refractivity contribution >= 4 is 29.3 Å². The molecule has 2 aromatic rings. The molecule has 1 aromatic carbocycles. The van der Waals surface area contributed by atoms with Gasteiger partial charge in [0, 0.05) is 35.3 Å². The number of rotatable bonds is 3. The zero-order valence-electron chi connectivity index (χ0n) is 13.0. The van der Waals surface area contributed by atoms with Crippen LogP contribution in [0.15, 0.2) is 40.4 Å². The summed E-state index contributed by atoms with van der Waals surface area (Å²) in [5.74, 6) is -0.468. The fourth-order valence-electron chi connectivity index (χ4n) is 2.42. The van der Waals surface area contributed by atoms with Crippen molar-refractivity contribution in [2.24, 2.45) is 11.7 Å². The maximum Gasteiger partial charge on any atom is 0.257 e. The number of hydrogen-bond acceptors (Lipinski definition) is 5. The van der Waals surface area contributed by atoms with Crippen LogP contribution in [0.25, 0.3) is 0 Å². The van der Waals surface area contributed by atoms with Crippen molar-refractivity contribution < 1.29 is 9.59 Å². The average molecular weight is 344 g/mol. The predicted octanol–water partition coefficient (Wildman–Crippen LogP) is 1.01. The van der Waals surface area contributed by atoms with Crippen LogP contribution in [-0.4, -0.2) is 27.1 Å². The summed E-state index contributed by atoms with van der Waals surface area (Å²) < 4.78 is 1.55. The first-order chi connectivity index (χ1) is 11.5. The number of carbonyl (C=O) groups is 2. The Kier molecular flexibility index (Phi) is 4.39. The molecule has 7 nitrogen and oxygen atoms in total. The second-order valence-corrected chi connectivity index (χ2v) is 6.57. The first-order valence-electron chi connectivity index (χ1n) is 7.35. The van der Waals surface area contributed by atoms with E-state index in [1.165, 1.54) is 11.8 Å². The van der Waals surface area contributed by atoms with Crippen molar-refractivity contribution in [1.82, 2.24) is 9.55 Å². The zero-order valence-corrected chi connectivity index (χ0v) is 13.8. The fraction of sp³-hybridized carbons (Fsp3) is 0.250. The van der Waals surface area contributed by atoms with E-state index in [9.17, 15) is 14.4 Å². The second kappa shape index (κ2) is 6.48. The molecular formula is C16H16N4O3S. The predicted molar refractivity (Wildman–Crippen MR) is 91.0 cm³/mol. The van der Waals surface area contributed by atoms with Gasteiger partial charge in [0.15, 0.2) is 5.16 Å². The normalized spacial score (nSPS) is 16.3. The molecule has 0 saturated carbocycles. The summed E-state index contributed by atoms with van der Waals surface area (Å²) in [5, 5.41) is 3.44. The molecule has 24 heavy (non-hydrogen) atoms. The summed E-state index contributed by atoms with van der Waals surface area (Å²) >= 11 is 1.39. The summed E-state index contributed by atoms with van der Waals surface area (Å²) in [6.45, 7) is 2.01. The summed E-state index contributed by atoms with van der Waals surface area (Å²) in [6, 6.07) is 6.36. The lowest BCUT2D eigenvalue weighted by Gasteiger charge is -2.24. The summed E-state index contributed by atoms with van der Waals surface area (Å²) in [6.07, 6.45) is 1.56. The molecule has 0 radical (unpaired) electrons. The maximum absolute atomic E-state index is 12.4. The maximum atomic E-state index is 12.4. The van der Waals surface area contributed by atoms with Gasteiger partial charge in [0.1, 0.15) is 0 Å². The third-order valence-electron chi connectivity index (χ3n) is 3.81. The number of carbonyl (C=O) groups excluding carboxylic acids is 2. The largest absolute Gasteiger partial charge is 0.366 e. The van der Waals surface area contributed by atoms with Crippen LogP contribution in [0.5, 0.6) is 0 Å². The third kappa shape index (κ3) is 3.18. The van der Waals surface area contributed by atoms with Gasteiger partial charge in [0.25, 0.3) is 5.56 Å². The SMILES string of the molecule is Cc1cnc2n(c1=O)CC(C(=O)Nc1ccc(C(N)=O)cc1)CS2. The molecule has 1 unspecified atom stereocenters. The van der Waals surface area contributed by atoms with Crippen LogP contribution in [0.2, 0.25) is 0 Å². The number of primary amides is 1. The highest BCUT2D eigenvalue weighted by Crippen LogP contribution is 2.25. The molecule has 124 valence electrons. The number of hydrogen-bond donors (Lipinski definition) is 2. The Morgan fingerprint density at radius 1 is 1.33 bits per heavy atom. The summed E-state index contributed by atoms with van der Waals surface area (Å²) in [5.41, 5.74) is 6.59. The van der Waals surface area contributed by atoms with Gasteiger partial charge in [-0.3, -0.25) is 19.0 Å². The molecule has 0 aliphatic carbocycles. The van der Waals surface area contributed by atoms with E-state index in [2.05, 4.69) is 10.3 Å². The van der Waals surface area contributed by atoms with Gasteiger partial charge in [-0.15, -0.1) is 0 Å².